The van der Waals surface area contributed by atoms with E-state index in [9.17, 15) is 4.79 Å². The monoisotopic (exact) mass is 357 g/mol. The summed E-state index contributed by atoms with van der Waals surface area (Å²) in [5.41, 5.74) is 8.81. The molecule has 1 amide bonds. The van der Waals surface area contributed by atoms with Crippen LogP contribution in [0.25, 0.3) is 0 Å². The maximum Gasteiger partial charge on any atom is 0.224 e. The predicted molar refractivity (Wildman–Crippen MR) is 104 cm³/mol. The zero-order valence-electron chi connectivity index (χ0n) is 14.2. The summed E-state index contributed by atoms with van der Waals surface area (Å²) < 4.78 is 0. The lowest BCUT2D eigenvalue weighted by Gasteiger charge is -2.17. The third-order valence-corrected chi connectivity index (χ3v) is 4.98. The summed E-state index contributed by atoms with van der Waals surface area (Å²) in [4.78, 5) is 12.4. The number of anilines is 2. The summed E-state index contributed by atoms with van der Waals surface area (Å²) in [7, 11) is 0. The van der Waals surface area contributed by atoms with Gasteiger partial charge < -0.3 is 16.4 Å². The van der Waals surface area contributed by atoms with Crippen LogP contribution in [0.3, 0.4) is 0 Å². The molecule has 0 aromatic heterocycles. The first-order chi connectivity index (χ1) is 12.1. The fourth-order valence-corrected chi connectivity index (χ4v) is 3.50. The van der Waals surface area contributed by atoms with E-state index >= 15 is 0 Å². The number of hydrogen-bond acceptors (Lipinski definition) is 3. The van der Waals surface area contributed by atoms with Crippen molar-refractivity contribution in [1.82, 2.24) is 0 Å². The van der Waals surface area contributed by atoms with Gasteiger partial charge in [0.15, 0.2) is 0 Å². The summed E-state index contributed by atoms with van der Waals surface area (Å²) in [6.45, 7) is 0.679. The largest absolute Gasteiger partial charge is 0.379 e. The highest BCUT2D eigenvalue weighted by atomic mass is 35.5. The van der Waals surface area contributed by atoms with Gasteiger partial charge in [-0.25, -0.2) is 0 Å². The lowest BCUT2D eigenvalue weighted by molar-refractivity contribution is -0.117. The van der Waals surface area contributed by atoms with Crippen molar-refractivity contribution in [2.45, 2.75) is 38.3 Å². The molecule has 3 rings (SSSR count). The first kappa shape index (κ1) is 17.8. The molecule has 1 saturated carbocycles. The Balaban J connectivity index is 1.65. The van der Waals surface area contributed by atoms with Crippen LogP contribution in [0.2, 0.25) is 5.02 Å². The van der Waals surface area contributed by atoms with Crippen molar-refractivity contribution in [1.29, 1.82) is 0 Å². The fourth-order valence-electron chi connectivity index (χ4n) is 3.33. The van der Waals surface area contributed by atoms with Gasteiger partial charge in [0.25, 0.3) is 0 Å². The van der Waals surface area contributed by atoms with Gasteiger partial charge in [0.1, 0.15) is 0 Å². The molecule has 0 spiro atoms. The van der Waals surface area contributed by atoms with Crippen LogP contribution in [0.5, 0.6) is 0 Å². The Morgan fingerprint density at radius 2 is 1.92 bits per heavy atom. The highest BCUT2D eigenvalue weighted by molar-refractivity contribution is 6.31. The van der Waals surface area contributed by atoms with Crippen molar-refractivity contribution < 1.29 is 4.79 Å². The molecule has 25 heavy (non-hydrogen) atoms. The number of nitrogens with one attached hydrogen (secondary N) is 2. The molecule has 4 nitrogen and oxygen atoms in total. The Morgan fingerprint density at radius 1 is 1.12 bits per heavy atom. The lowest BCUT2D eigenvalue weighted by atomic mass is 10.00. The number of benzene rings is 2. The highest BCUT2D eigenvalue weighted by Crippen LogP contribution is 2.29. The maximum atomic E-state index is 12.4. The van der Waals surface area contributed by atoms with Gasteiger partial charge in [-0.3, -0.25) is 4.79 Å². The standard InChI is InChI=1S/C20H24ClN3O/c21-16-9-10-18(23-13-14-5-2-1-3-6-14)19(12-16)24-20(25)11-15-7-4-8-17(15)22/h1-3,5-6,9-10,12,15,17,23H,4,7-8,11,13,22H2,(H,24,25)/t15-,17+/m0/s1. The smallest absolute Gasteiger partial charge is 0.224 e. The molecular formula is C20H24ClN3O. The summed E-state index contributed by atoms with van der Waals surface area (Å²) in [5, 5.41) is 6.96. The van der Waals surface area contributed by atoms with E-state index in [2.05, 4.69) is 22.8 Å². The Labute approximate surface area is 153 Å². The van der Waals surface area contributed by atoms with Crippen LogP contribution in [-0.2, 0) is 11.3 Å². The van der Waals surface area contributed by atoms with Gasteiger partial charge in [0.05, 0.1) is 11.4 Å². The lowest BCUT2D eigenvalue weighted by Crippen LogP contribution is -2.28. The van der Waals surface area contributed by atoms with Crippen LogP contribution < -0.4 is 16.4 Å². The van der Waals surface area contributed by atoms with Crippen LogP contribution in [0.15, 0.2) is 48.5 Å². The molecule has 2 atom stereocenters. The van der Waals surface area contributed by atoms with E-state index < -0.39 is 0 Å². The van der Waals surface area contributed by atoms with Gasteiger partial charge >= 0.3 is 0 Å². The normalized spacial score (nSPS) is 19.6. The zero-order valence-corrected chi connectivity index (χ0v) is 14.9. The minimum atomic E-state index is -0.00706. The van der Waals surface area contributed by atoms with Crippen molar-refractivity contribution in [3.05, 3.63) is 59.1 Å². The minimum Gasteiger partial charge on any atom is -0.379 e. The molecule has 2 aromatic carbocycles. The molecule has 2 aromatic rings. The maximum absolute atomic E-state index is 12.4. The fraction of sp³-hybridized carbons (Fsp3) is 0.350. The molecule has 1 aliphatic carbocycles. The quantitative estimate of drug-likeness (QED) is 0.717. The topological polar surface area (TPSA) is 67.2 Å². The Bertz CT molecular complexity index is 720. The van der Waals surface area contributed by atoms with E-state index in [0.29, 0.717) is 23.7 Å². The number of nitrogens with two attached hydrogens (primary N) is 1. The molecule has 1 fully saturated rings. The highest BCUT2D eigenvalue weighted by Gasteiger charge is 2.26. The SMILES string of the molecule is N[C@@H]1CCC[C@H]1CC(=O)Nc1cc(Cl)ccc1NCc1ccccc1. The average Bonchev–Trinajstić information content (AvgIpc) is 3.00. The number of amides is 1. The van der Waals surface area contributed by atoms with Gasteiger partial charge in [-0.2, -0.15) is 0 Å². The molecule has 1 aliphatic rings. The molecule has 0 saturated heterocycles. The summed E-state index contributed by atoms with van der Waals surface area (Å²) in [6.07, 6.45) is 3.62. The number of carbonyl (C=O) groups is 1. The number of halogens is 1. The first-order valence-electron chi connectivity index (χ1n) is 8.74. The molecule has 4 N–H and O–H groups in total. The summed E-state index contributed by atoms with van der Waals surface area (Å²) in [6, 6.07) is 15.7. The second-order valence-electron chi connectivity index (χ2n) is 6.64. The van der Waals surface area contributed by atoms with Gasteiger partial charge in [-0.1, -0.05) is 48.4 Å². The van der Waals surface area contributed by atoms with Crippen LogP contribution in [0.1, 0.15) is 31.2 Å². The minimum absolute atomic E-state index is 0.00706. The molecule has 5 heteroatoms. The van der Waals surface area contributed by atoms with Gasteiger partial charge in [0.2, 0.25) is 5.91 Å². The van der Waals surface area contributed by atoms with E-state index in [1.54, 1.807) is 6.07 Å². The van der Waals surface area contributed by atoms with Crippen LogP contribution in [-0.4, -0.2) is 11.9 Å². The Morgan fingerprint density at radius 3 is 2.64 bits per heavy atom. The molecule has 0 bridgehead atoms. The van der Waals surface area contributed by atoms with E-state index in [1.807, 2.05) is 30.3 Å². The van der Waals surface area contributed by atoms with Crippen LogP contribution in [0.4, 0.5) is 11.4 Å². The number of rotatable bonds is 6. The Kier molecular flexibility index (Phi) is 5.95. The Hall–Kier alpha value is -2.04. The van der Waals surface area contributed by atoms with Crippen molar-refractivity contribution in [3.63, 3.8) is 0 Å². The van der Waals surface area contributed by atoms with Crippen LogP contribution >= 0.6 is 11.6 Å². The molecule has 0 unspecified atom stereocenters. The van der Waals surface area contributed by atoms with Crippen molar-refractivity contribution in [3.8, 4) is 0 Å². The molecule has 0 heterocycles. The number of hydrogen-bond donors (Lipinski definition) is 3. The molecular weight excluding hydrogens is 334 g/mol. The first-order valence-corrected chi connectivity index (χ1v) is 9.12. The molecule has 0 aliphatic heterocycles. The van der Waals surface area contributed by atoms with Gasteiger partial charge in [-0.15, -0.1) is 0 Å². The second kappa shape index (κ2) is 8.37. The molecule has 0 radical (unpaired) electrons. The number of carbonyl (C=O) groups excluding carboxylic acids is 1. The van der Waals surface area contributed by atoms with Crippen LogP contribution in [0, 0.1) is 5.92 Å². The molecule has 132 valence electrons. The van der Waals surface area contributed by atoms with E-state index in [4.69, 9.17) is 17.3 Å². The van der Waals surface area contributed by atoms with E-state index in [1.165, 1.54) is 5.56 Å². The van der Waals surface area contributed by atoms with E-state index in [-0.39, 0.29) is 17.9 Å². The second-order valence-corrected chi connectivity index (χ2v) is 7.07. The third-order valence-electron chi connectivity index (χ3n) is 4.75. The van der Waals surface area contributed by atoms with Gasteiger partial charge in [-0.05, 0) is 42.5 Å². The summed E-state index contributed by atoms with van der Waals surface area (Å²) >= 11 is 6.11. The third kappa shape index (κ3) is 4.97. The average molecular weight is 358 g/mol. The van der Waals surface area contributed by atoms with E-state index in [0.717, 1.165) is 24.9 Å². The zero-order chi connectivity index (χ0) is 17.6. The van der Waals surface area contributed by atoms with Crippen molar-refractivity contribution >= 4 is 28.9 Å². The van der Waals surface area contributed by atoms with Crippen molar-refractivity contribution in [2.24, 2.45) is 11.7 Å². The predicted octanol–water partition coefficient (Wildman–Crippen LogP) is 4.41. The van der Waals surface area contributed by atoms with Gasteiger partial charge in [0, 0.05) is 24.0 Å². The summed E-state index contributed by atoms with van der Waals surface area (Å²) in [5.74, 6) is 0.271. The van der Waals surface area contributed by atoms with Crippen molar-refractivity contribution in [2.75, 3.05) is 10.6 Å².